The lowest BCUT2D eigenvalue weighted by molar-refractivity contribution is -0.151. The van der Waals surface area contributed by atoms with Gasteiger partial charge in [-0.2, -0.15) is 9.61 Å². The van der Waals surface area contributed by atoms with Crippen LogP contribution in [0.2, 0.25) is 0 Å². The summed E-state index contributed by atoms with van der Waals surface area (Å²) in [5, 5.41) is 4.42. The number of H-pyrrole nitrogens is 1. The third kappa shape index (κ3) is 4.52. The Morgan fingerprint density at radius 1 is 1.18 bits per heavy atom. The predicted octanol–water partition coefficient (Wildman–Crippen LogP) is 2.51. The molecule has 0 aliphatic heterocycles. The Labute approximate surface area is 218 Å². The number of primary amides is 1. The monoisotopic (exact) mass is 518 g/mol. The number of fused-ring (bicyclic) bond motifs is 1. The van der Waals surface area contributed by atoms with E-state index in [-0.39, 0.29) is 24.1 Å². The van der Waals surface area contributed by atoms with Gasteiger partial charge in [0.2, 0.25) is 5.91 Å². The molecular formula is C26H30N8O4. The van der Waals surface area contributed by atoms with Gasteiger partial charge < -0.3 is 25.9 Å². The van der Waals surface area contributed by atoms with Crippen LogP contribution in [0, 0.1) is 0 Å². The van der Waals surface area contributed by atoms with E-state index in [1.807, 2.05) is 12.1 Å². The minimum absolute atomic E-state index is 0.109. The van der Waals surface area contributed by atoms with Gasteiger partial charge in [-0.25, -0.2) is 9.97 Å². The quantitative estimate of drug-likeness (QED) is 0.222. The number of carbonyl (C=O) groups excluding carboxylic acids is 2. The summed E-state index contributed by atoms with van der Waals surface area (Å²) in [6.07, 6.45) is 8.73. The average Bonchev–Trinajstić information content (AvgIpc) is 3.60. The molecule has 1 aliphatic carbocycles. The zero-order valence-electron chi connectivity index (χ0n) is 21.3. The first-order valence-corrected chi connectivity index (χ1v) is 12.4. The van der Waals surface area contributed by atoms with Gasteiger partial charge in [-0.05, 0) is 38.7 Å². The van der Waals surface area contributed by atoms with Crippen LogP contribution in [0.25, 0.3) is 28.3 Å². The number of anilines is 1. The zero-order valence-corrected chi connectivity index (χ0v) is 21.3. The fraction of sp³-hybridized carbons (Fsp3) is 0.385. The molecule has 1 aliphatic rings. The predicted molar refractivity (Wildman–Crippen MR) is 139 cm³/mol. The third-order valence-electron chi connectivity index (χ3n) is 7.17. The maximum Gasteiger partial charge on any atom is 0.249 e. The van der Waals surface area contributed by atoms with Crippen LogP contribution in [-0.4, -0.2) is 67.2 Å². The molecule has 12 heteroatoms. The number of pyridine rings is 1. The number of imidazole rings is 1. The summed E-state index contributed by atoms with van der Waals surface area (Å²) in [5.41, 5.74) is 14.9. The normalized spacial score (nSPS) is 19.6. The number of nitrogen functional groups attached to an aromatic ring is 1. The van der Waals surface area contributed by atoms with E-state index in [4.69, 9.17) is 25.9 Å². The summed E-state index contributed by atoms with van der Waals surface area (Å²) in [6, 6.07) is 3.78. The Hall–Kier alpha value is -4.16. The molecule has 0 bridgehead atoms. The number of aromatic nitrogens is 6. The van der Waals surface area contributed by atoms with E-state index < -0.39 is 11.5 Å². The van der Waals surface area contributed by atoms with Crippen LogP contribution >= 0.6 is 0 Å². The van der Waals surface area contributed by atoms with Crippen LogP contribution in [0.1, 0.15) is 54.6 Å². The molecule has 12 nitrogen and oxygen atoms in total. The second-order valence-corrected chi connectivity index (χ2v) is 9.45. The van der Waals surface area contributed by atoms with Crippen LogP contribution in [0.3, 0.4) is 0 Å². The minimum Gasteiger partial charge on any atom is -0.383 e. The Balaban J connectivity index is 1.50. The molecule has 1 fully saturated rings. The molecule has 0 atom stereocenters. The second kappa shape index (κ2) is 10.3. The minimum atomic E-state index is -1.07. The van der Waals surface area contributed by atoms with Crippen LogP contribution in [0.5, 0.6) is 0 Å². The van der Waals surface area contributed by atoms with Crippen molar-refractivity contribution in [3.8, 4) is 22.6 Å². The van der Waals surface area contributed by atoms with Gasteiger partial charge in [-0.3, -0.25) is 14.6 Å². The van der Waals surface area contributed by atoms with E-state index >= 15 is 0 Å². The molecule has 0 saturated heterocycles. The smallest absolute Gasteiger partial charge is 0.249 e. The number of nitrogens with one attached hydrogen (secondary N) is 1. The number of hydrogen-bond acceptors (Lipinski definition) is 9. The number of carbonyl (C=O) groups is 2. The van der Waals surface area contributed by atoms with Crippen LogP contribution in [0.4, 0.5) is 5.82 Å². The van der Waals surface area contributed by atoms with Crippen LogP contribution in [-0.2, 0) is 14.3 Å². The molecule has 1 amide bonds. The van der Waals surface area contributed by atoms with E-state index in [0.29, 0.717) is 60.7 Å². The lowest BCUT2D eigenvalue weighted by Crippen LogP contribution is -2.49. The molecule has 5 rings (SSSR count). The van der Waals surface area contributed by atoms with Crippen molar-refractivity contribution in [2.24, 2.45) is 5.73 Å². The first-order chi connectivity index (χ1) is 18.3. The molecule has 0 aromatic carbocycles. The van der Waals surface area contributed by atoms with Crippen molar-refractivity contribution in [1.29, 1.82) is 0 Å². The number of aromatic amines is 1. The fourth-order valence-corrected chi connectivity index (χ4v) is 5.13. The molecule has 4 aromatic heterocycles. The third-order valence-corrected chi connectivity index (χ3v) is 7.17. The molecule has 5 N–H and O–H groups in total. The molecule has 0 radical (unpaired) electrons. The molecule has 0 unspecified atom stereocenters. The van der Waals surface area contributed by atoms with Gasteiger partial charge in [0.05, 0.1) is 30.7 Å². The summed E-state index contributed by atoms with van der Waals surface area (Å²) < 4.78 is 12.4. The molecule has 0 spiro atoms. The topological polar surface area (TPSA) is 176 Å². The fourth-order valence-electron chi connectivity index (χ4n) is 5.13. The highest BCUT2D eigenvalue weighted by Crippen LogP contribution is 2.42. The number of nitrogens with zero attached hydrogens (tertiary/aromatic N) is 5. The summed E-state index contributed by atoms with van der Waals surface area (Å²) >= 11 is 0. The first-order valence-electron chi connectivity index (χ1n) is 12.4. The van der Waals surface area contributed by atoms with E-state index in [1.54, 1.807) is 31.9 Å². The van der Waals surface area contributed by atoms with Gasteiger partial charge in [0.15, 0.2) is 17.3 Å². The van der Waals surface area contributed by atoms with E-state index in [9.17, 15) is 9.59 Å². The number of ketones is 1. The van der Waals surface area contributed by atoms with Crippen molar-refractivity contribution >= 4 is 23.2 Å². The molecule has 1 saturated carbocycles. The highest BCUT2D eigenvalue weighted by molar-refractivity contribution is 6.00. The van der Waals surface area contributed by atoms with Crippen molar-refractivity contribution in [2.45, 2.75) is 44.1 Å². The van der Waals surface area contributed by atoms with E-state index in [0.717, 1.165) is 11.1 Å². The molecule has 38 heavy (non-hydrogen) atoms. The zero-order chi connectivity index (χ0) is 26.9. The molecule has 4 heterocycles. The van der Waals surface area contributed by atoms with Crippen LogP contribution < -0.4 is 11.5 Å². The van der Waals surface area contributed by atoms with Gasteiger partial charge in [0.1, 0.15) is 17.1 Å². The summed E-state index contributed by atoms with van der Waals surface area (Å²) in [4.78, 5) is 41.8. The Morgan fingerprint density at radius 2 is 1.97 bits per heavy atom. The summed E-state index contributed by atoms with van der Waals surface area (Å²) in [7, 11) is 1.57. The van der Waals surface area contributed by atoms with Gasteiger partial charge in [0, 0.05) is 42.7 Å². The number of Topliss-reactive ketones (excluding diaryl/α,β-unsaturated/α-hetero) is 1. The van der Waals surface area contributed by atoms with Gasteiger partial charge in [-0.1, -0.05) is 6.07 Å². The Bertz CT molecular complexity index is 1450. The van der Waals surface area contributed by atoms with Crippen molar-refractivity contribution < 1.29 is 19.1 Å². The maximum absolute atomic E-state index is 12.7. The molecule has 4 aromatic rings. The number of methoxy groups -OCH3 is 1. The summed E-state index contributed by atoms with van der Waals surface area (Å²) in [5.74, 6) is 0.0958. The average molecular weight is 519 g/mol. The van der Waals surface area contributed by atoms with Crippen molar-refractivity contribution in [1.82, 2.24) is 29.5 Å². The number of hydrogen-bond donors (Lipinski definition) is 3. The Morgan fingerprint density at radius 3 is 2.58 bits per heavy atom. The molecular weight excluding hydrogens is 488 g/mol. The van der Waals surface area contributed by atoms with E-state index in [2.05, 4.69) is 20.1 Å². The van der Waals surface area contributed by atoms with Crippen molar-refractivity contribution in [3.63, 3.8) is 0 Å². The van der Waals surface area contributed by atoms with Crippen molar-refractivity contribution in [3.05, 3.63) is 48.2 Å². The number of rotatable bonds is 9. The lowest BCUT2D eigenvalue weighted by atomic mass is 9.76. The lowest BCUT2D eigenvalue weighted by Gasteiger charge is -2.37. The highest BCUT2D eigenvalue weighted by atomic mass is 16.5. The standard InChI is InChI=1S/C26H30N8O4/c1-15(35)20-21(16-5-7-26(8-6-16,25(28)36)38-12-11-37-2)33-24-18(14-32-34(24)22(20)27)17-3-4-19(31-13-17)23-29-9-10-30-23/h3-4,9-10,13-14,16H,5-8,11-12,27H2,1-2H3,(H2,28,36)(H,29,30). The van der Waals surface area contributed by atoms with Gasteiger partial charge in [0.25, 0.3) is 0 Å². The summed E-state index contributed by atoms with van der Waals surface area (Å²) in [6.45, 7) is 2.10. The number of ether oxygens (including phenoxy) is 2. The highest BCUT2D eigenvalue weighted by Gasteiger charge is 2.43. The Kier molecular flexibility index (Phi) is 6.91. The number of nitrogens with two attached hydrogens (primary N) is 2. The van der Waals surface area contributed by atoms with Crippen molar-refractivity contribution in [2.75, 3.05) is 26.1 Å². The SMILES string of the molecule is COCCOC1(C(N)=O)CCC(c2nc3c(-c4ccc(-c5ncc[nH]5)nc4)cnn3c(N)c2C(C)=O)CC1. The number of amides is 1. The van der Waals surface area contributed by atoms with Gasteiger partial charge >= 0.3 is 0 Å². The first kappa shape index (κ1) is 25.5. The van der Waals surface area contributed by atoms with Crippen LogP contribution in [0.15, 0.2) is 36.9 Å². The maximum atomic E-state index is 12.7. The van der Waals surface area contributed by atoms with E-state index in [1.165, 1.54) is 11.4 Å². The molecule has 198 valence electrons. The largest absolute Gasteiger partial charge is 0.383 e. The second-order valence-electron chi connectivity index (χ2n) is 9.45. The van der Waals surface area contributed by atoms with Gasteiger partial charge in [-0.15, -0.1) is 0 Å².